The van der Waals surface area contributed by atoms with E-state index in [0.29, 0.717) is 5.69 Å². The molecule has 0 radical (unpaired) electrons. The van der Waals surface area contributed by atoms with Crippen LogP contribution in [0.4, 0.5) is 11.4 Å². The van der Waals surface area contributed by atoms with E-state index in [-0.39, 0.29) is 0 Å². The van der Waals surface area contributed by atoms with Crippen molar-refractivity contribution in [1.82, 2.24) is 4.98 Å². The second-order valence-corrected chi connectivity index (χ2v) is 3.24. The second-order valence-electron chi connectivity index (χ2n) is 3.24. The van der Waals surface area contributed by atoms with Gasteiger partial charge in [-0.3, -0.25) is 9.78 Å². The van der Waals surface area contributed by atoms with Gasteiger partial charge in [-0.15, -0.1) is 0 Å². The van der Waals surface area contributed by atoms with Gasteiger partial charge in [0.15, 0.2) is 6.29 Å². The van der Waals surface area contributed by atoms with Gasteiger partial charge in [0.1, 0.15) is 5.69 Å². The molecule has 2 aromatic rings. The largest absolute Gasteiger partial charge is 0.399 e. The van der Waals surface area contributed by atoms with Crippen molar-refractivity contribution >= 4 is 17.7 Å². The number of hydrogen-bond donors (Lipinski definition) is 2. The normalized spacial score (nSPS) is 8.76. The van der Waals surface area contributed by atoms with E-state index in [1.54, 1.807) is 24.4 Å². The fourth-order valence-corrected chi connectivity index (χ4v) is 1.10. The summed E-state index contributed by atoms with van der Waals surface area (Å²) in [7, 11) is 1.88. The van der Waals surface area contributed by atoms with Crippen LogP contribution in [-0.2, 0) is 0 Å². The molecule has 88 valence electrons. The van der Waals surface area contributed by atoms with E-state index in [1.807, 2.05) is 31.3 Å². The van der Waals surface area contributed by atoms with Crippen LogP contribution in [0.25, 0.3) is 0 Å². The SMILES string of the molecule is CNc1ccc(N)cc1.O=Cc1ccccn1. The van der Waals surface area contributed by atoms with Crippen LogP contribution in [-0.4, -0.2) is 18.3 Å². The molecule has 0 aliphatic carbocycles. The first-order valence-corrected chi connectivity index (χ1v) is 5.15. The standard InChI is InChI=1S/C7H10N2.C6H5NO/c1-9-7-4-2-6(8)3-5-7;8-5-6-3-1-2-4-7-6/h2-5,9H,8H2,1H3;1-5H. The maximum Gasteiger partial charge on any atom is 0.168 e. The van der Waals surface area contributed by atoms with Gasteiger partial charge in [-0.2, -0.15) is 0 Å². The molecular formula is C13H15N3O. The molecule has 0 aliphatic heterocycles. The van der Waals surface area contributed by atoms with Gasteiger partial charge in [0.25, 0.3) is 0 Å². The minimum Gasteiger partial charge on any atom is -0.399 e. The Morgan fingerprint density at radius 1 is 1.18 bits per heavy atom. The Hall–Kier alpha value is -2.36. The van der Waals surface area contributed by atoms with E-state index < -0.39 is 0 Å². The Labute approximate surface area is 100 Å². The van der Waals surface area contributed by atoms with E-state index >= 15 is 0 Å². The quantitative estimate of drug-likeness (QED) is 0.612. The maximum atomic E-state index is 9.94. The van der Waals surface area contributed by atoms with Crippen LogP contribution in [0.5, 0.6) is 0 Å². The summed E-state index contributed by atoms with van der Waals surface area (Å²) in [4.78, 5) is 13.7. The number of aldehydes is 1. The summed E-state index contributed by atoms with van der Waals surface area (Å²) < 4.78 is 0. The average Bonchev–Trinajstić information content (AvgIpc) is 2.41. The van der Waals surface area contributed by atoms with Gasteiger partial charge >= 0.3 is 0 Å². The van der Waals surface area contributed by atoms with Crippen molar-refractivity contribution in [2.45, 2.75) is 0 Å². The van der Waals surface area contributed by atoms with Crippen molar-refractivity contribution in [3.05, 3.63) is 54.4 Å². The summed E-state index contributed by atoms with van der Waals surface area (Å²) in [6.07, 6.45) is 2.31. The molecule has 1 heterocycles. The lowest BCUT2D eigenvalue weighted by Crippen LogP contribution is -1.88. The molecule has 0 aliphatic rings. The van der Waals surface area contributed by atoms with Crippen molar-refractivity contribution in [1.29, 1.82) is 0 Å². The van der Waals surface area contributed by atoms with Crippen molar-refractivity contribution in [2.24, 2.45) is 0 Å². The number of rotatable bonds is 2. The minimum atomic E-state index is 0.479. The monoisotopic (exact) mass is 229 g/mol. The Balaban J connectivity index is 0.000000171. The second kappa shape index (κ2) is 7.00. The summed E-state index contributed by atoms with van der Waals surface area (Å²) in [5.41, 5.74) is 7.82. The average molecular weight is 229 g/mol. The van der Waals surface area contributed by atoms with Gasteiger partial charge in [0, 0.05) is 24.6 Å². The van der Waals surface area contributed by atoms with E-state index in [9.17, 15) is 4.79 Å². The molecule has 1 aromatic heterocycles. The molecule has 0 bridgehead atoms. The van der Waals surface area contributed by atoms with Gasteiger partial charge < -0.3 is 11.1 Å². The molecule has 0 fully saturated rings. The molecule has 0 saturated heterocycles. The highest BCUT2D eigenvalue weighted by atomic mass is 16.1. The molecular weight excluding hydrogens is 214 g/mol. The van der Waals surface area contributed by atoms with Gasteiger partial charge in [-0.1, -0.05) is 6.07 Å². The highest BCUT2D eigenvalue weighted by Crippen LogP contribution is 2.08. The molecule has 0 amide bonds. The van der Waals surface area contributed by atoms with Gasteiger partial charge in [0.05, 0.1) is 0 Å². The third-order valence-corrected chi connectivity index (χ3v) is 2.01. The molecule has 3 N–H and O–H groups in total. The third kappa shape index (κ3) is 4.79. The van der Waals surface area contributed by atoms with Crippen LogP contribution in [0.15, 0.2) is 48.7 Å². The zero-order valence-corrected chi connectivity index (χ0v) is 9.63. The van der Waals surface area contributed by atoms with Gasteiger partial charge in [-0.05, 0) is 36.4 Å². The maximum absolute atomic E-state index is 9.94. The first-order chi connectivity index (χ1) is 8.26. The minimum absolute atomic E-state index is 0.479. The number of pyridine rings is 1. The van der Waals surface area contributed by atoms with Crippen molar-refractivity contribution < 1.29 is 4.79 Å². The summed E-state index contributed by atoms with van der Waals surface area (Å²) in [5.74, 6) is 0. The molecule has 2 rings (SSSR count). The first-order valence-electron chi connectivity index (χ1n) is 5.15. The zero-order chi connectivity index (χ0) is 12.5. The van der Waals surface area contributed by atoms with Crippen molar-refractivity contribution in [2.75, 3.05) is 18.1 Å². The Bertz CT molecular complexity index is 440. The van der Waals surface area contributed by atoms with Crippen molar-refractivity contribution in [3.63, 3.8) is 0 Å². The molecule has 17 heavy (non-hydrogen) atoms. The zero-order valence-electron chi connectivity index (χ0n) is 9.63. The van der Waals surface area contributed by atoms with Crippen LogP contribution >= 0.6 is 0 Å². The molecule has 1 aromatic carbocycles. The lowest BCUT2D eigenvalue weighted by molar-refractivity contribution is 0.111. The third-order valence-electron chi connectivity index (χ3n) is 2.01. The van der Waals surface area contributed by atoms with Crippen LogP contribution < -0.4 is 11.1 Å². The number of nitrogens with two attached hydrogens (primary N) is 1. The fraction of sp³-hybridized carbons (Fsp3) is 0.0769. The summed E-state index contributed by atoms with van der Waals surface area (Å²) in [6, 6.07) is 12.8. The summed E-state index contributed by atoms with van der Waals surface area (Å²) in [5, 5.41) is 3.00. The fourth-order valence-electron chi connectivity index (χ4n) is 1.10. The number of hydrogen-bond acceptors (Lipinski definition) is 4. The number of nitrogens with zero attached hydrogens (tertiary/aromatic N) is 1. The van der Waals surface area contributed by atoms with Gasteiger partial charge in [0.2, 0.25) is 0 Å². The highest BCUT2D eigenvalue weighted by Gasteiger charge is 1.84. The first kappa shape index (κ1) is 12.7. The van der Waals surface area contributed by atoms with Crippen LogP contribution in [0.2, 0.25) is 0 Å². The molecule has 4 heteroatoms. The Morgan fingerprint density at radius 3 is 2.29 bits per heavy atom. The van der Waals surface area contributed by atoms with E-state index in [1.165, 1.54) is 0 Å². The predicted molar refractivity (Wildman–Crippen MR) is 70.0 cm³/mol. The van der Waals surface area contributed by atoms with E-state index in [0.717, 1.165) is 17.7 Å². The number of nitrogens with one attached hydrogen (secondary N) is 1. The molecule has 0 saturated carbocycles. The van der Waals surface area contributed by atoms with Crippen LogP contribution in [0, 0.1) is 0 Å². The molecule has 0 spiro atoms. The lowest BCUT2D eigenvalue weighted by atomic mass is 10.3. The summed E-state index contributed by atoms with van der Waals surface area (Å²) >= 11 is 0. The lowest BCUT2D eigenvalue weighted by Gasteiger charge is -1.97. The van der Waals surface area contributed by atoms with Crippen molar-refractivity contribution in [3.8, 4) is 0 Å². The summed E-state index contributed by atoms with van der Waals surface area (Å²) in [6.45, 7) is 0. The Morgan fingerprint density at radius 2 is 1.88 bits per heavy atom. The Kier molecular flexibility index (Phi) is 5.24. The number of carbonyl (C=O) groups is 1. The van der Waals surface area contributed by atoms with Crippen LogP contribution in [0.1, 0.15) is 10.5 Å². The number of anilines is 2. The molecule has 4 nitrogen and oxygen atoms in total. The number of carbonyl (C=O) groups excluding carboxylic acids is 1. The number of benzene rings is 1. The van der Waals surface area contributed by atoms with Gasteiger partial charge in [-0.25, -0.2) is 0 Å². The number of aromatic nitrogens is 1. The molecule has 0 atom stereocenters. The number of nitrogen functional groups attached to an aromatic ring is 1. The smallest absolute Gasteiger partial charge is 0.168 e. The molecule has 0 unspecified atom stereocenters. The van der Waals surface area contributed by atoms with Crippen LogP contribution in [0.3, 0.4) is 0 Å². The highest BCUT2D eigenvalue weighted by molar-refractivity contribution is 5.71. The predicted octanol–water partition coefficient (Wildman–Crippen LogP) is 2.20. The van der Waals surface area contributed by atoms with E-state index in [2.05, 4.69) is 10.3 Å². The van der Waals surface area contributed by atoms with E-state index in [4.69, 9.17) is 5.73 Å². The topological polar surface area (TPSA) is 68.0 Å².